The van der Waals surface area contributed by atoms with Gasteiger partial charge < -0.3 is 11.5 Å². The average molecular weight is 474 g/mol. The quantitative estimate of drug-likeness (QED) is 0.282. The molecule has 2 aromatic carbocycles. The molecule has 0 aliphatic heterocycles. The van der Waals surface area contributed by atoms with Crippen molar-refractivity contribution in [2.45, 2.75) is 11.5 Å². The van der Waals surface area contributed by atoms with Gasteiger partial charge in [-0.3, -0.25) is 15.6 Å². The monoisotopic (exact) mass is 472 g/mol. The lowest BCUT2D eigenvalue weighted by molar-refractivity contribution is 0.103. The highest BCUT2D eigenvalue weighted by atomic mass is 79.9. The Morgan fingerprint density at radius 3 is 2.04 bits per heavy atom. The summed E-state index contributed by atoms with van der Waals surface area (Å²) in [6, 6.07) is 12.4. The van der Waals surface area contributed by atoms with E-state index >= 15 is 0 Å². The van der Waals surface area contributed by atoms with Crippen LogP contribution in [0.15, 0.2) is 42.5 Å². The van der Waals surface area contributed by atoms with Crippen LogP contribution in [-0.2, 0) is 11.5 Å². The van der Waals surface area contributed by atoms with Gasteiger partial charge in [-0.2, -0.15) is 0 Å². The molecule has 0 radical (unpaired) electrons. The van der Waals surface area contributed by atoms with E-state index in [0.29, 0.717) is 27.7 Å². The minimum atomic E-state index is -0.151. The fourth-order valence-electron chi connectivity index (χ4n) is 2.21. The van der Waals surface area contributed by atoms with Crippen molar-refractivity contribution in [2.75, 3.05) is 0 Å². The summed E-state index contributed by atoms with van der Waals surface area (Å²) in [5, 5.41) is 15.2. The van der Waals surface area contributed by atoms with E-state index in [0.717, 1.165) is 22.9 Å². The fourth-order valence-corrected chi connectivity index (χ4v) is 3.51. The van der Waals surface area contributed by atoms with Gasteiger partial charge in [0, 0.05) is 27.7 Å². The molecule has 0 fully saturated rings. The molecule has 0 bridgehead atoms. The summed E-state index contributed by atoms with van der Waals surface area (Å²) in [4.78, 5) is 13.1. The molecule has 0 spiro atoms. The second-order valence-corrected chi connectivity index (χ2v) is 7.56. The SMILES string of the molecule is Br.N=C(N)SCc1ccccc1C(=O)c1cc(Cl)ccc1CSC(=N)N. The van der Waals surface area contributed by atoms with E-state index < -0.39 is 0 Å². The summed E-state index contributed by atoms with van der Waals surface area (Å²) in [7, 11) is 0. The highest BCUT2D eigenvalue weighted by Crippen LogP contribution is 2.26. The third-order valence-electron chi connectivity index (χ3n) is 3.34. The Bertz CT molecular complexity index is 832. The largest absolute Gasteiger partial charge is 0.379 e. The number of rotatable bonds is 6. The van der Waals surface area contributed by atoms with E-state index in [2.05, 4.69) is 0 Å². The van der Waals surface area contributed by atoms with Gasteiger partial charge in [0.15, 0.2) is 16.1 Å². The third-order valence-corrected chi connectivity index (χ3v) is 5.11. The number of carbonyl (C=O) groups excluding carboxylic acids is 1. The molecule has 0 aliphatic rings. The van der Waals surface area contributed by atoms with Crippen LogP contribution in [0.3, 0.4) is 0 Å². The summed E-state index contributed by atoms with van der Waals surface area (Å²) in [5.41, 5.74) is 13.4. The predicted octanol–water partition coefficient (Wildman–Crippen LogP) is 4.40. The van der Waals surface area contributed by atoms with E-state index in [1.54, 1.807) is 30.3 Å². The van der Waals surface area contributed by atoms with Crippen LogP contribution >= 0.6 is 52.1 Å². The molecular weight excluding hydrogens is 456 g/mol. The summed E-state index contributed by atoms with van der Waals surface area (Å²) in [5.74, 6) is 0.703. The molecule has 0 heterocycles. The number of nitrogens with two attached hydrogens (primary N) is 2. The van der Waals surface area contributed by atoms with Crippen LogP contribution in [0.5, 0.6) is 0 Å². The molecule has 138 valence electrons. The minimum Gasteiger partial charge on any atom is -0.379 e. The van der Waals surface area contributed by atoms with Gasteiger partial charge in [0.1, 0.15) is 0 Å². The molecule has 0 saturated heterocycles. The molecule has 9 heteroatoms. The Morgan fingerprint density at radius 2 is 1.46 bits per heavy atom. The zero-order chi connectivity index (χ0) is 18.4. The first-order valence-electron chi connectivity index (χ1n) is 7.23. The number of ketones is 1. The van der Waals surface area contributed by atoms with E-state index in [9.17, 15) is 4.79 Å². The molecule has 6 N–H and O–H groups in total. The Hall–Kier alpha value is -1.48. The number of amidine groups is 2. The highest BCUT2D eigenvalue weighted by molar-refractivity contribution is 8.93. The van der Waals surface area contributed by atoms with E-state index in [1.807, 2.05) is 12.1 Å². The van der Waals surface area contributed by atoms with Gasteiger partial charge in [-0.05, 0) is 23.3 Å². The molecule has 0 amide bonds. The third kappa shape index (κ3) is 6.35. The lowest BCUT2D eigenvalue weighted by Crippen LogP contribution is -2.10. The lowest BCUT2D eigenvalue weighted by atomic mass is 9.96. The zero-order valence-corrected chi connectivity index (χ0v) is 17.7. The molecule has 0 aliphatic carbocycles. The topological polar surface area (TPSA) is 117 Å². The van der Waals surface area contributed by atoms with Crippen LogP contribution in [0.2, 0.25) is 5.02 Å². The first kappa shape index (κ1) is 22.6. The Balaban J connectivity index is 0.00000338. The normalized spacial score (nSPS) is 10.0. The maximum absolute atomic E-state index is 13.1. The summed E-state index contributed by atoms with van der Waals surface area (Å²) < 4.78 is 0. The van der Waals surface area contributed by atoms with Crippen LogP contribution in [0.25, 0.3) is 0 Å². The van der Waals surface area contributed by atoms with Gasteiger partial charge in [-0.1, -0.05) is 65.5 Å². The van der Waals surface area contributed by atoms with Crippen LogP contribution in [0, 0.1) is 10.8 Å². The van der Waals surface area contributed by atoms with Crippen molar-refractivity contribution in [2.24, 2.45) is 11.5 Å². The maximum atomic E-state index is 13.1. The first-order valence-corrected chi connectivity index (χ1v) is 9.58. The van der Waals surface area contributed by atoms with Crippen LogP contribution in [0.1, 0.15) is 27.0 Å². The molecule has 2 rings (SSSR count). The molecular formula is C17H18BrClN4OS2. The van der Waals surface area contributed by atoms with Crippen molar-refractivity contribution in [1.29, 1.82) is 10.8 Å². The van der Waals surface area contributed by atoms with Crippen molar-refractivity contribution in [3.8, 4) is 0 Å². The highest BCUT2D eigenvalue weighted by Gasteiger charge is 2.18. The number of nitrogens with one attached hydrogen (secondary N) is 2. The number of halogens is 2. The summed E-state index contributed by atoms with van der Waals surface area (Å²) in [6.45, 7) is 0. The van der Waals surface area contributed by atoms with Crippen molar-refractivity contribution < 1.29 is 4.79 Å². The van der Waals surface area contributed by atoms with Crippen LogP contribution < -0.4 is 11.5 Å². The molecule has 5 nitrogen and oxygen atoms in total. The number of hydrogen-bond acceptors (Lipinski definition) is 5. The number of carbonyl (C=O) groups is 1. The maximum Gasteiger partial charge on any atom is 0.193 e. The van der Waals surface area contributed by atoms with Crippen molar-refractivity contribution in [1.82, 2.24) is 0 Å². The Kier molecular flexibility index (Phi) is 9.21. The minimum absolute atomic E-state index is 0. The van der Waals surface area contributed by atoms with E-state index in [-0.39, 0.29) is 33.1 Å². The second-order valence-electron chi connectivity index (χ2n) is 5.09. The van der Waals surface area contributed by atoms with Crippen molar-refractivity contribution in [3.63, 3.8) is 0 Å². The van der Waals surface area contributed by atoms with Crippen LogP contribution in [0.4, 0.5) is 0 Å². The van der Waals surface area contributed by atoms with Gasteiger partial charge in [0.2, 0.25) is 0 Å². The van der Waals surface area contributed by atoms with Gasteiger partial charge in [0.25, 0.3) is 0 Å². The molecule has 26 heavy (non-hydrogen) atoms. The lowest BCUT2D eigenvalue weighted by Gasteiger charge is -2.12. The zero-order valence-electron chi connectivity index (χ0n) is 13.6. The van der Waals surface area contributed by atoms with E-state index in [1.165, 1.54) is 11.8 Å². The van der Waals surface area contributed by atoms with Crippen molar-refractivity contribution >= 4 is 68.2 Å². The molecule has 2 aromatic rings. The molecule has 0 aromatic heterocycles. The summed E-state index contributed by atoms with van der Waals surface area (Å²) in [6.07, 6.45) is 0. The predicted molar refractivity (Wildman–Crippen MR) is 118 cm³/mol. The average Bonchev–Trinajstić information content (AvgIpc) is 2.58. The van der Waals surface area contributed by atoms with Gasteiger partial charge in [0.05, 0.1) is 0 Å². The van der Waals surface area contributed by atoms with Gasteiger partial charge in [-0.15, -0.1) is 17.0 Å². The fraction of sp³-hybridized carbons (Fsp3) is 0.118. The van der Waals surface area contributed by atoms with Crippen molar-refractivity contribution in [3.05, 3.63) is 69.7 Å². The molecule has 0 unspecified atom stereocenters. The van der Waals surface area contributed by atoms with Crippen LogP contribution in [-0.4, -0.2) is 16.1 Å². The Labute approximate surface area is 176 Å². The van der Waals surface area contributed by atoms with E-state index in [4.69, 9.17) is 33.9 Å². The number of thioether (sulfide) groups is 2. The summed E-state index contributed by atoms with van der Waals surface area (Å²) >= 11 is 8.40. The Morgan fingerprint density at radius 1 is 0.923 bits per heavy atom. The first-order chi connectivity index (χ1) is 11.9. The second kappa shape index (κ2) is 10.6. The molecule has 0 saturated carbocycles. The number of hydrogen-bond donors (Lipinski definition) is 4. The van der Waals surface area contributed by atoms with Gasteiger partial charge >= 0.3 is 0 Å². The smallest absolute Gasteiger partial charge is 0.193 e. The molecule has 0 atom stereocenters. The standard InChI is InChI=1S/C17H17ClN4OS2.BrH/c18-12-6-5-11(9-25-17(21)22)14(7-12)15(23)13-4-2-1-3-10(13)8-24-16(19)20;/h1-7H,8-9H2,(H3,19,20)(H3,21,22);1H. The number of benzene rings is 2. The van der Waals surface area contributed by atoms with Gasteiger partial charge in [-0.25, -0.2) is 0 Å².